The van der Waals surface area contributed by atoms with Gasteiger partial charge >= 0.3 is 6.01 Å². The largest absolute Gasteiger partial charge is 0.435 e. The van der Waals surface area contributed by atoms with Gasteiger partial charge in [-0.15, -0.1) is 0 Å². The van der Waals surface area contributed by atoms with Crippen LogP contribution in [0.1, 0.15) is 22.1 Å². The van der Waals surface area contributed by atoms with Crippen LogP contribution in [-0.4, -0.2) is 20.9 Å². The lowest BCUT2D eigenvalue weighted by Crippen LogP contribution is -2.12. The highest BCUT2D eigenvalue weighted by atomic mass is 19.1. The molecule has 0 saturated heterocycles. The SMILES string of the molecule is Cc1nc(-c2ccc(F)cc2)c(C(=O)Nc2nc(-c3cccc(C#N)n3)co2)o1. The summed E-state index contributed by atoms with van der Waals surface area (Å²) >= 11 is 0. The average molecular weight is 389 g/mol. The zero-order valence-electron chi connectivity index (χ0n) is 15.0. The number of carbonyl (C=O) groups excluding carboxylic acids is 1. The predicted molar refractivity (Wildman–Crippen MR) is 99.0 cm³/mol. The number of amides is 1. The fourth-order valence-corrected chi connectivity index (χ4v) is 2.63. The highest BCUT2D eigenvalue weighted by molar-refractivity contribution is 6.05. The molecular weight excluding hydrogens is 377 g/mol. The van der Waals surface area contributed by atoms with Crippen molar-refractivity contribution in [3.8, 4) is 28.7 Å². The number of hydrogen-bond donors (Lipinski definition) is 1. The van der Waals surface area contributed by atoms with Crippen molar-refractivity contribution in [2.24, 2.45) is 0 Å². The first-order chi connectivity index (χ1) is 14.0. The predicted octanol–water partition coefficient (Wildman–Crippen LogP) is 3.96. The first-order valence-corrected chi connectivity index (χ1v) is 8.41. The minimum Gasteiger partial charge on any atom is -0.435 e. The number of nitrogens with one attached hydrogen (secondary N) is 1. The summed E-state index contributed by atoms with van der Waals surface area (Å²) in [6, 6.07) is 12.3. The fourth-order valence-electron chi connectivity index (χ4n) is 2.63. The van der Waals surface area contributed by atoms with Gasteiger partial charge in [0.05, 0.1) is 5.69 Å². The van der Waals surface area contributed by atoms with Gasteiger partial charge in [0.15, 0.2) is 5.89 Å². The summed E-state index contributed by atoms with van der Waals surface area (Å²) in [5.41, 5.74) is 1.81. The Hall–Kier alpha value is -4.32. The molecule has 0 fully saturated rings. The van der Waals surface area contributed by atoms with E-state index in [-0.39, 0.29) is 29.1 Å². The van der Waals surface area contributed by atoms with Crippen LogP contribution in [0.4, 0.5) is 10.4 Å². The van der Waals surface area contributed by atoms with Gasteiger partial charge in [-0.3, -0.25) is 10.1 Å². The Morgan fingerprint density at radius 1 is 1.10 bits per heavy atom. The van der Waals surface area contributed by atoms with Crippen molar-refractivity contribution >= 4 is 11.9 Å². The van der Waals surface area contributed by atoms with E-state index in [0.717, 1.165) is 0 Å². The van der Waals surface area contributed by atoms with Crippen LogP contribution in [0.5, 0.6) is 0 Å². The number of pyridine rings is 1. The van der Waals surface area contributed by atoms with E-state index in [4.69, 9.17) is 14.1 Å². The average Bonchev–Trinajstić information content (AvgIpc) is 3.35. The molecule has 0 aliphatic heterocycles. The number of benzene rings is 1. The van der Waals surface area contributed by atoms with Crippen LogP contribution in [0.3, 0.4) is 0 Å². The molecule has 3 heterocycles. The van der Waals surface area contributed by atoms with Crippen molar-refractivity contribution in [3.05, 3.63) is 71.9 Å². The number of anilines is 1. The molecule has 4 rings (SSSR count). The van der Waals surface area contributed by atoms with Crippen LogP contribution >= 0.6 is 0 Å². The number of rotatable bonds is 4. The Morgan fingerprint density at radius 3 is 2.66 bits per heavy atom. The Bertz CT molecular complexity index is 1240. The van der Waals surface area contributed by atoms with E-state index >= 15 is 0 Å². The summed E-state index contributed by atoms with van der Waals surface area (Å²) in [7, 11) is 0. The van der Waals surface area contributed by atoms with Gasteiger partial charge in [-0.2, -0.15) is 10.2 Å². The molecule has 1 N–H and O–H groups in total. The van der Waals surface area contributed by atoms with Crippen molar-refractivity contribution in [1.82, 2.24) is 15.0 Å². The van der Waals surface area contributed by atoms with E-state index < -0.39 is 11.7 Å². The summed E-state index contributed by atoms with van der Waals surface area (Å²) in [6.07, 6.45) is 1.31. The van der Waals surface area contributed by atoms with Crippen molar-refractivity contribution in [2.45, 2.75) is 6.92 Å². The molecule has 8 nitrogen and oxygen atoms in total. The first-order valence-electron chi connectivity index (χ1n) is 8.41. The van der Waals surface area contributed by atoms with Gasteiger partial charge in [0, 0.05) is 12.5 Å². The molecule has 0 aliphatic carbocycles. The fraction of sp³-hybridized carbons (Fsp3) is 0.0500. The molecule has 29 heavy (non-hydrogen) atoms. The van der Waals surface area contributed by atoms with Crippen LogP contribution < -0.4 is 5.32 Å². The monoisotopic (exact) mass is 389 g/mol. The summed E-state index contributed by atoms with van der Waals surface area (Å²) < 4.78 is 23.9. The minimum absolute atomic E-state index is 0.0570. The van der Waals surface area contributed by atoms with Crippen LogP contribution in [0.15, 0.2) is 57.6 Å². The minimum atomic E-state index is -0.628. The van der Waals surface area contributed by atoms with Gasteiger partial charge in [-0.1, -0.05) is 6.07 Å². The standard InChI is InChI=1S/C20H12FN5O3/c1-11-23-17(12-5-7-13(21)8-6-12)18(29-11)19(27)26-20-25-16(10-28-20)15-4-2-3-14(9-22)24-15/h2-8,10H,1H3,(H,25,26,27). The Morgan fingerprint density at radius 2 is 1.90 bits per heavy atom. The number of hydrogen-bond acceptors (Lipinski definition) is 7. The van der Waals surface area contributed by atoms with Crippen LogP contribution in [0.25, 0.3) is 22.6 Å². The smallest absolute Gasteiger partial charge is 0.302 e. The lowest BCUT2D eigenvalue weighted by Gasteiger charge is -2.01. The number of halogens is 1. The van der Waals surface area contributed by atoms with E-state index in [1.165, 1.54) is 30.5 Å². The first kappa shape index (κ1) is 18.1. The molecule has 0 aliphatic rings. The van der Waals surface area contributed by atoms with Gasteiger partial charge in [-0.25, -0.2) is 14.4 Å². The van der Waals surface area contributed by atoms with Gasteiger partial charge in [0.25, 0.3) is 5.91 Å². The quantitative estimate of drug-likeness (QED) is 0.561. The zero-order chi connectivity index (χ0) is 20.4. The van der Waals surface area contributed by atoms with E-state index in [2.05, 4.69) is 20.3 Å². The number of carbonyl (C=O) groups is 1. The molecule has 0 atom stereocenters. The highest BCUT2D eigenvalue weighted by Crippen LogP contribution is 2.26. The molecule has 1 amide bonds. The lowest BCUT2D eigenvalue weighted by molar-refractivity contribution is 0.0993. The molecule has 3 aromatic heterocycles. The van der Waals surface area contributed by atoms with Crippen LogP contribution in [0.2, 0.25) is 0 Å². The highest BCUT2D eigenvalue weighted by Gasteiger charge is 2.22. The van der Waals surface area contributed by atoms with E-state index in [0.29, 0.717) is 17.0 Å². The topological polar surface area (TPSA) is 118 Å². The van der Waals surface area contributed by atoms with Crippen molar-refractivity contribution < 1.29 is 18.0 Å². The molecule has 0 saturated carbocycles. The second-order valence-corrected chi connectivity index (χ2v) is 5.93. The number of oxazole rings is 2. The summed E-state index contributed by atoms with van der Waals surface area (Å²) in [6.45, 7) is 1.60. The van der Waals surface area contributed by atoms with E-state index in [1.54, 1.807) is 25.1 Å². The van der Waals surface area contributed by atoms with Gasteiger partial charge in [0.2, 0.25) is 5.76 Å². The van der Waals surface area contributed by atoms with Gasteiger partial charge < -0.3 is 8.83 Å². The normalized spacial score (nSPS) is 10.5. The molecule has 142 valence electrons. The molecule has 1 aromatic carbocycles. The second-order valence-electron chi connectivity index (χ2n) is 5.93. The van der Waals surface area contributed by atoms with Crippen molar-refractivity contribution in [3.63, 3.8) is 0 Å². The number of nitriles is 1. The lowest BCUT2D eigenvalue weighted by atomic mass is 10.1. The third-order valence-electron chi connectivity index (χ3n) is 3.91. The third kappa shape index (κ3) is 3.72. The van der Waals surface area contributed by atoms with Crippen LogP contribution in [-0.2, 0) is 0 Å². The Kier molecular flexibility index (Phi) is 4.58. The Labute approximate surface area is 163 Å². The molecule has 4 aromatic rings. The van der Waals surface area contributed by atoms with Crippen molar-refractivity contribution in [1.29, 1.82) is 5.26 Å². The molecule has 0 radical (unpaired) electrons. The molecule has 0 spiro atoms. The molecule has 0 unspecified atom stereocenters. The number of nitrogens with zero attached hydrogens (tertiary/aromatic N) is 4. The second kappa shape index (κ2) is 7.36. The summed E-state index contributed by atoms with van der Waals surface area (Å²) in [4.78, 5) is 25.1. The maximum atomic E-state index is 13.2. The van der Waals surface area contributed by atoms with Crippen LogP contribution in [0, 0.1) is 24.1 Å². The van der Waals surface area contributed by atoms with Crippen molar-refractivity contribution in [2.75, 3.05) is 5.32 Å². The molecular formula is C20H12FN5O3. The maximum absolute atomic E-state index is 13.2. The summed E-state index contributed by atoms with van der Waals surface area (Å²) in [5.74, 6) is -0.808. The number of aromatic nitrogens is 3. The van der Waals surface area contributed by atoms with E-state index in [9.17, 15) is 9.18 Å². The maximum Gasteiger partial charge on any atom is 0.302 e. The van der Waals surface area contributed by atoms with E-state index in [1.807, 2.05) is 6.07 Å². The van der Waals surface area contributed by atoms with Gasteiger partial charge in [0.1, 0.15) is 35.2 Å². The zero-order valence-corrected chi connectivity index (χ0v) is 15.0. The van der Waals surface area contributed by atoms with Gasteiger partial charge in [-0.05, 0) is 36.4 Å². The molecule has 0 bridgehead atoms. The summed E-state index contributed by atoms with van der Waals surface area (Å²) in [5, 5.41) is 11.4. The Balaban J connectivity index is 1.59. The number of aryl methyl sites for hydroxylation is 1. The third-order valence-corrected chi connectivity index (χ3v) is 3.91. The molecule has 9 heteroatoms.